The molecule has 1 aromatic carbocycles. The molecule has 1 fully saturated rings. The number of rotatable bonds is 9. The normalized spacial score (nSPS) is 18.1. The molecule has 1 heterocycles. The van der Waals surface area contributed by atoms with Crippen molar-refractivity contribution in [2.24, 2.45) is 0 Å². The smallest absolute Gasteiger partial charge is 0.410 e. The van der Waals surface area contributed by atoms with Crippen LogP contribution in [0.5, 0.6) is 0 Å². The number of benzene rings is 1. The van der Waals surface area contributed by atoms with E-state index in [1.54, 1.807) is 17.0 Å². The summed E-state index contributed by atoms with van der Waals surface area (Å²) >= 11 is 1.23. The Balaban J connectivity index is 1.89. The van der Waals surface area contributed by atoms with Gasteiger partial charge >= 0.3 is 12.1 Å². The zero-order valence-corrected chi connectivity index (χ0v) is 20.4. The summed E-state index contributed by atoms with van der Waals surface area (Å²) in [5, 5.41) is 10.8. The highest BCUT2D eigenvalue weighted by Crippen LogP contribution is 2.31. The highest BCUT2D eigenvalue weighted by Gasteiger charge is 2.36. The Kier molecular flexibility index (Phi) is 9.70. The van der Waals surface area contributed by atoms with Crippen LogP contribution in [0.3, 0.4) is 0 Å². The molecule has 0 saturated carbocycles. The number of nitrogens with zero attached hydrogens (tertiary/aromatic N) is 2. The number of hydrogen-bond acceptors (Lipinski definition) is 8. The van der Waals surface area contributed by atoms with E-state index in [2.05, 4.69) is 0 Å². The van der Waals surface area contributed by atoms with Gasteiger partial charge in [0.25, 0.3) is 5.69 Å². The molecular formula is C23H32N2O7S. The zero-order chi connectivity index (χ0) is 24.6. The van der Waals surface area contributed by atoms with Crippen LogP contribution in [0.4, 0.5) is 10.5 Å². The maximum Gasteiger partial charge on any atom is 0.410 e. The van der Waals surface area contributed by atoms with Crippen molar-refractivity contribution in [2.45, 2.75) is 83.3 Å². The number of amides is 1. The summed E-state index contributed by atoms with van der Waals surface area (Å²) in [6.45, 7) is 7.42. The van der Waals surface area contributed by atoms with Crippen molar-refractivity contribution in [1.82, 2.24) is 4.90 Å². The Morgan fingerprint density at radius 3 is 2.42 bits per heavy atom. The number of thioether (sulfide) groups is 1. The van der Waals surface area contributed by atoms with Crippen LogP contribution in [-0.2, 0) is 25.7 Å². The van der Waals surface area contributed by atoms with Crippen molar-refractivity contribution in [2.75, 3.05) is 6.54 Å². The third kappa shape index (κ3) is 9.41. The fourth-order valence-corrected chi connectivity index (χ4v) is 4.70. The lowest BCUT2D eigenvalue weighted by molar-refractivity contribution is -0.384. The second kappa shape index (κ2) is 12.0. The minimum Gasteiger partial charge on any atom is -0.460 e. The number of hydrogen-bond donors (Lipinski definition) is 0. The second-order valence-corrected chi connectivity index (χ2v) is 10.6. The lowest BCUT2D eigenvalue weighted by atomic mass is 10.1. The van der Waals surface area contributed by atoms with Crippen LogP contribution < -0.4 is 0 Å². The Labute approximate surface area is 198 Å². The third-order valence-electron chi connectivity index (χ3n) is 5.04. The fraction of sp³-hybridized carbons (Fsp3) is 0.609. The molecule has 33 heavy (non-hydrogen) atoms. The van der Waals surface area contributed by atoms with Gasteiger partial charge in [-0.3, -0.25) is 19.7 Å². The van der Waals surface area contributed by atoms with E-state index in [1.807, 2.05) is 20.8 Å². The summed E-state index contributed by atoms with van der Waals surface area (Å²) in [5.41, 5.74) is 0.112. The fourth-order valence-electron chi connectivity index (χ4n) is 3.67. The summed E-state index contributed by atoms with van der Waals surface area (Å²) in [6, 6.07) is 5.76. The zero-order valence-electron chi connectivity index (χ0n) is 19.6. The molecule has 1 saturated heterocycles. The van der Waals surface area contributed by atoms with Crippen LogP contribution in [-0.4, -0.2) is 50.4 Å². The molecule has 0 radical (unpaired) electrons. The van der Waals surface area contributed by atoms with Gasteiger partial charge in [0.05, 0.1) is 4.92 Å². The molecular weight excluding hydrogens is 448 g/mol. The molecule has 182 valence electrons. The Morgan fingerprint density at radius 2 is 1.85 bits per heavy atom. The Morgan fingerprint density at radius 1 is 1.18 bits per heavy atom. The van der Waals surface area contributed by atoms with Crippen molar-refractivity contribution in [3.05, 3.63) is 39.9 Å². The summed E-state index contributed by atoms with van der Waals surface area (Å²) < 4.78 is 10.8. The molecule has 0 N–H and O–H groups in total. The SMILES string of the molecule is CC(=O)S[C@H]1C[C@@H](CCCCC(=O)OC(C)(C)C)N(C(=O)OCc2ccc([N+](=O)[O-])cc2)C1. The monoisotopic (exact) mass is 480 g/mol. The Hall–Kier alpha value is -2.62. The lowest BCUT2D eigenvalue weighted by Gasteiger charge is -2.24. The van der Waals surface area contributed by atoms with Crippen LogP contribution >= 0.6 is 11.8 Å². The van der Waals surface area contributed by atoms with Gasteiger partial charge in [-0.2, -0.15) is 0 Å². The molecule has 0 unspecified atom stereocenters. The molecule has 10 heteroatoms. The largest absolute Gasteiger partial charge is 0.460 e. The maximum absolute atomic E-state index is 12.8. The standard InChI is InChI=1S/C23H32N2O7S/c1-16(26)33-20-13-19(7-5-6-8-21(27)32-23(2,3)4)24(14-20)22(28)31-15-17-9-11-18(12-10-17)25(29)30/h9-12,19-20H,5-8,13-15H2,1-4H3/t19-,20+/m1/s1. The summed E-state index contributed by atoms with van der Waals surface area (Å²) in [6.07, 6.45) is 2.63. The van der Waals surface area contributed by atoms with Crippen molar-refractivity contribution < 1.29 is 28.8 Å². The highest BCUT2D eigenvalue weighted by molar-refractivity contribution is 8.14. The number of nitro benzene ring substituents is 1. The number of unbranched alkanes of at least 4 members (excludes halogenated alkanes) is 1. The summed E-state index contributed by atoms with van der Waals surface area (Å²) in [7, 11) is 0. The van der Waals surface area contributed by atoms with Crippen LogP contribution in [0.1, 0.15) is 65.4 Å². The average Bonchev–Trinajstić information content (AvgIpc) is 3.10. The molecule has 1 aliphatic rings. The number of ether oxygens (including phenoxy) is 2. The average molecular weight is 481 g/mol. The van der Waals surface area contributed by atoms with Gasteiger partial charge in [-0.25, -0.2) is 4.79 Å². The van der Waals surface area contributed by atoms with Crippen molar-refractivity contribution in [3.8, 4) is 0 Å². The number of carbonyl (C=O) groups excluding carboxylic acids is 3. The van der Waals surface area contributed by atoms with E-state index in [9.17, 15) is 24.5 Å². The first-order valence-electron chi connectivity index (χ1n) is 11.0. The van der Waals surface area contributed by atoms with E-state index in [0.29, 0.717) is 37.8 Å². The number of likely N-dealkylation sites (tertiary alicyclic amines) is 1. The van der Waals surface area contributed by atoms with E-state index in [-0.39, 0.29) is 34.7 Å². The minimum absolute atomic E-state index is 0.00318. The molecule has 1 aromatic rings. The van der Waals surface area contributed by atoms with Crippen molar-refractivity contribution in [1.29, 1.82) is 0 Å². The van der Waals surface area contributed by atoms with Gasteiger partial charge < -0.3 is 14.4 Å². The van der Waals surface area contributed by atoms with Gasteiger partial charge in [-0.15, -0.1) is 0 Å². The van der Waals surface area contributed by atoms with Gasteiger partial charge in [0.2, 0.25) is 0 Å². The maximum atomic E-state index is 12.8. The first-order valence-corrected chi connectivity index (χ1v) is 11.9. The van der Waals surface area contributed by atoms with Gasteiger partial charge in [0, 0.05) is 43.3 Å². The molecule has 0 aliphatic carbocycles. The van der Waals surface area contributed by atoms with Crippen molar-refractivity contribution >= 4 is 34.6 Å². The number of nitro groups is 1. The summed E-state index contributed by atoms with van der Waals surface area (Å²) in [5.74, 6) is -0.238. The van der Waals surface area contributed by atoms with Gasteiger partial charge in [-0.1, -0.05) is 18.2 Å². The number of esters is 1. The summed E-state index contributed by atoms with van der Waals surface area (Å²) in [4.78, 5) is 48.1. The highest BCUT2D eigenvalue weighted by atomic mass is 32.2. The van der Waals surface area contributed by atoms with Gasteiger partial charge in [0.1, 0.15) is 12.2 Å². The van der Waals surface area contributed by atoms with Crippen LogP contribution in [0, 0.1) is 10.1 Å². The van der Waals surface area contributed by atoms with Crippen molar-refractivity contribution in [3.63, 3.8) is 0 Å². The molecule has 2 rings (SSSR count). The van der Waals surface area contributed by atoms with Crippen LogP contribution in [0.2, 0.25) is 0 Å². The number of carbonyl (C=O) groups is 3. The lowest BCUT2D eigenvalue weighted by Crippen LogP contribution is -2.36. The second-order valence-electron chi connectivity index (χ2n) is 9.08. The minimum atomic E-state index is -0.510. The van der Waals surface area contributed by atoms with Crippen LogP contribution in [0.15, 0.2) is 24.3 Å². The Bertz CT molecular complexity index is 851. The molecule has 0 spiro atoms. The van der Waals surface area contributed by atoms with E-state index >= 15 is 0 Å². The predicted molar refractivity (Wildman–Crippen MR) is 125 cm³/mol. The van der Waals surface area contributed by atoms with E-state index in [4.69, 9.17) is 9.47 Å². The van der Waals surface area contributed by atoms with E-state index in [1.165, 1.54) is 30.8 Å². The molecule has 0 aromatic heterocycles. The quantitative estimate of drug-likeness (QED) is 0.213. The predicted octanol–water partition coefficient (Wildman–Crippen LogP) is 4.86. The first kappa shape index (κ1) is 26.6. The molecule has 1 amide bonds. The third-order valence-corrected chi connectivity index (χ3v) is 6.05. The molecule has 9 nitrogen and oxygen atoms in total. The molecule has 2 atom stereocenters. The van der Waals surface area contributed by atoms with E-state index in [0.717, 1.165) is 6.42 Å². The first-order chi connectivity index (χ1) is 15.4. The van der Waals surface area contributed by atoms with Crippen LogP contribution in [0.25, 0.3) is 0 Å². The molecule has 1 aliphatic heterocycles. The molecule has 0 bridgehead atoms. The van der Waals surface area contributed by atoms with E-state index < -0.39 is 16.6 Å². The van der Waals surface area contributed by atoms with Gasteiger partial charge in [0.15, 0.2) is 5.12 Å². The topological polar surface area (TPSA) is 116 Å². The van der Waals surface area contributed by atoms with Gasteiger partial charge in [-0.05, 0) is 57.7 Å². The number of non-ortho nitro benzene ring substituents is 1.